The highest BCUT2D eigenvalue weighted by molar-refractivity contribution is 5.90. The molecule has 2 heterocycles. The first-order chi connectivity index (χ1) is 8.26. The first-order valence-electron chi connectivity index (χ1n) is 5.29. The van der Waals surface area contributed by atoms with E-state index >= 15 is 0 Å². The third-order valence-electron chi connectivity index (χ3n) is 2.56. The zero-order chi connectivity index (χ0) is 12.3. The second-order valence-corrected chi connectivity index (χ2v) is 3.62. The minimum absolute atomic E-state index is 0.341. The number of pyridine rings is 1. The number of hydrogen-bond donors (Lipinski definition) is 0. The topological polar surface area (TPSA) is 52.8 Å². The first kappa shape index (κ1) is 11.6. The molecule has 2 aromatic heterocycles. The van der Waals surface area contributed by atoms with E-state index in [0.29, 0.717) is 12.2 Å². The van der Waals surface area contributed by atoms with E-state index in [2.05, 4.69) is 9.72 Å². The van der Waals surface area contributed by atoms with Crippen molar-refractivity contribution in [2.75, 3.05) is 20.8 Å². The molecular formula is C12H14N2O3. The van der Waals surface area contributed by atoms with Crippen LogP contribution < -0.4 is 0 Å². The lowest BCUT2D eigenvalue weighted by Gasteiger charge is -2.02. The smallest absolute Gasteiger partial charge is 0.337 e. The first-order valence-corrected chi connectivity index (χ1v) is 5.29. The van der Waals surface area contributed by atoms with Crippen molar-refractivity contribution >= 4 is 11.5 Å². The predicted octanol–water partition coefficient (Wildman–Crippen LogP) is 1.31. The van der Waals surface area contributed by atoms with Crippen molar-refractivity contribution in [1.29, 1.82) is 0 Å². The Labute approximate surface area is 99.0 Å². The SMILES string of the molecule is COCCc1ncc2cc(C(=O)OC)ccn12. The summed E-state index contributed by atoms with van der Waals surface area (Å²) in [6, 6.07) is 3.48. The van der Waals surface area contributed by atoms with Crippen LogP contribution in [0.2, 0.25) is 0 Å². The molecule has 0 saturated carbocycles. The minimum atomic E-state index is -0.341. The number of esters is 1. The van der Waals surface area contributed by atoms with Gasteiger partial charge in [0.05, 0.1) is 31.0 Å². The largest absolute Gasteiger partial charge is 0.465 e. The van der Waals surface area contributed by atoms with E-state index in [4.69, 9.17) is 4.74 Å². The summed E-state index contributed by atoms with van der Waals surface area (Å²) in [5.74, 6) is 0.574. The molecule has 0 saturated heterocycles. The van der Waals surface area contributed by atoms with Gasteiger partial charge in [-0.25, -0.2) is 9.78 Å². The minimum Gasteiger partial charge on any atom is -0.465 e. The number of imidazole rings is 1. The predicted molar refractivity (Wildman–Crippen MR) is 62.1 cm³/mol. The van der Waals surface area contributed by atoms with Gasteiger partial charge in [0, 0.05) is 19.7 Å². The summed E-state index contributed by atoms with van der Waals surface area (Å²) < 4.78 is 11.6. The molecule has 0 unspecified atom stereocenters. The van der Waals surface area contributed by atoms with Crippen molar-refractivity contribution in [2.24, 2.45) is 0 Å². The molecule has 17 heavy (non-hydrogen) atoms. The van der Waals surface area contributed by atoms with Crippen LogP contribution >= 0.6 is 0 Å². The molecule has 0 aliphatic rings. The van der Waals surface area contributed by atoms with E-state index in [1.54, 1.807) is 25.4 Å². The number of nitrogens with zero attached hydrogens (tertiary/aromatic N) is 2. The maximum atomic E-state index is 11.4. The maximum Gasteiger partial charge on any atom is 0.337 e. The van der Waals surface area contributed by atoms with Gasteiger partial charge in [0.1, 0.15) is 5.82 Å². The third-order valence-corrected chi connectivity index (χ3v) is 2.56. The molecular weight excluding hydrogens is 220 g/mol. The molecule has 0 N–H and O–H groups in total. The van der Waals surface area contributed by atoms with Gasteiger partial charge in [-0.1, -0.05) is 0 Å². The summed E-state index contributed by atoms with van der Waals surface area (Å²) in [6.07, 6.45) is 4.29. The highest BCUT2D eigenvalue weighted by Crippen LogP contribution is 2.11. The molecule has 0 aromatic carbocycles. The fourth-order valence-corrected chi connectivity index (χ4v) is 1.68. The lowest BCUT2D eigenvalue weighted by Crippen LogP contribution is -2.03. The van der Waals surface area contributed by atoms with Crippen molar-refractivity contribution in [2.45, 2.75) is 6.42 Å². The number of rotatable bonds is 4. The molecule has 0 radical (unpaired) electrons. The van der Waals surface area contributed by atoms with Crippen LogP contribution in [0.1, 0.15) is 16.2 Å². The Kier molecular flexibility index (Phi) is 3.39. The van der Waals surface area contributed by atoms with Crippen LogP contribution in [-0.4, -0.2) is 36.2 Å². The fourth-order valence-electron chi connectivity index (χ4n) is 1.68. The van der Waals surface area contributed by atoms with Gasteiger partial charge in [0.15, 0.2) is 0 Å². The molecule has 0 spiro atoms. The Morgan fingerprint density at radius 2 is 2.29 bits per heavy atom. The summed E-state index contributed by atoms with van der Waals surface area (Å²) in [5, 5.41) is 0. The Balaban J connectivity index is 2.34. The average Bonchev–Trinajstić information content (AvgIpc) is 2.77. The van der Waals surface area contributed by atoms with Crippen LogP contribution in [0.4, 0.5) is 0 Å². The van der Waals surface area contributed by atoms with E-state index in [9.17, 15) is 4.79 Å². The van der Waals surface area contributed by atoms with Gasteiger partial charge < -0.3 is 13.9 Å². The van der Waals surface area contributed by atoms with E-state index < -0.39 is 0 Å². The lowest BCUT2D eigenvalue weighted by molar-refractivity contribution is 0.0600. The van der Waals surface area contributed by atoms with E-state index in [-0.39, 0.29) is 5.97 Å². The van der Waals surface area contributed by atoms with E-state index in [0.717, 1.165) is 17.8 Å². The van der Waals surface area contributed by atoms with Crippen molar-refractivity contribution in [3.63, 3.8) is 0 Å². The zero-order valence-corrected chi connectivity index (χ0v) is 9.84. The third kappa shape index (κ3) is 2.29. The number of methoxy groups -OCH3 is 2. The Hall–Kier alpha value is -1.88. The standard InChI is InChI=1S/C12H14N2O3/c1-16-6-4-11-13-8-10-7-9(12(15)17-2)3-5-14(10)11/h3,5,7-8H,4,6H2,1-2H3. The van der Waals surface area contributed by atoms with Gasteiger partial charge in [0.2, 0.25) is 0 Å². The molecule has 2 rings (SSSR count). The molecule has 0 atom stereocenters. The number of ether oxygens (including phenoxy) is 2. The number of carbonyl (C=O) groups is 1. The summed E-state index contributed by atoms with van der Waals surface area (Å²) in [7, 11) is 3.03. The summed E-state index contributed by atoms with van der Waals surface area (Å²) in [5.41, 5.74) is 1.40. The number of carbonyl (C=O) groups excluding carboxylic acids is 1. The molecule has 2 aromatic rings. The van der Waals surface area contributed by atoms with Crippen LogP contribution in [0.5, 0.6) is 0 Å². The molecule has 0 amide bonds. The van der Waals surface area contributed by atoms with Gasteiger partial charge in [0.25, 0.3) is 0 Å². The second-order valence-electron chi connectivity index (χ2n) is 3.62. The van der Waals surface area contributed by atoms with Crippen molar-refractivity contribution in [3.8, 4) is 0 Å². The lowest BCUT2D eigenvalue weighted by atomic mass is 10.2. The van der Waals surface area contributed by atoms with E-state index in [1.165, 1.54) is 7.11 Å². The van der Waals surface area contributed by atoms with Gasteiger partial charge in [-0.05, 0) is 12.1 Å². The monoisotopic (exact) mass is 234 g/mol. The van der Waals surface area contributed by atoms with Gasteiger partial charge >= 0.3 is 5.97 Å². The highest BCUT2D eigenvalue weighted by atomic mass is 16.5. The molecule has 5 heteroatoms. The highest BCUT2D eigenvalue weighted by Gasteiger charge is 2.08. The number of hydrogen-bond acceptors (Lipinski definition) is 4. The molecule has 0 aliphatic heterocycles. The fraction of sp³-hybridized carbons (Fsp3) is 0.333. The summed E-state index contributed by atoms with van der Waals surface area (Å²) in [4.78, 5) is 15.7. The molecule has 5 nitrogen and oxygen atoms in total. The van der Waals surface area contributed by atoms with E-state index in [1.807, 2.05) is 10.6 Å². The van der Waals surface area contributed by atoms with Crippen LogP contribution in [0.3, 0.4) is 0 Å². The normalized spacial score (nSPS) is 10.7. The molecule has 0 fully saturated rings. The van der Waals surface area contributed by atoms with Crippen LogP contribution in [0.25, 0.3) is 5.52 Å². The Morgan fingerprint density at radius 1 is 1.47 bits per heavy atom. The summed E-state index contributed by atoms with van der Waals surface area (Å²) in [6.45, 7) is 0.623. The maximum absolute atomic E-state index is 11.4. The van der Waals surface area contributed by atoms with Crippen LogP contribution in [0, 0.1) is 0 Å². The van der Waals surface area contributed by atoms with Crippen LogP contribution in [-0.2, 0) is 15.9 Å². The molecule has 90 valence electrons. The quantitative estimate of drug-likeness (QED) is 0.748. The van der Waals surface area contributed by atoms with Gasteiger partial charge in [-0.3, -0.25) is 0 Å². The Morgan fingerprint density at radius 3 is 3.00 bits per heavy atom. The van der Waals surface area contributed by atoms with Crippen molar-refractivity contribution in [1.82, 2.24) is 9.38 Å². The van der Waals surface area contributed by atoms with Gasteiger partial charge in [-0.15, -0.1) is 0 Å². The zero-order valence-electron chi connectivity index (χ0n) is 9.84. The van der Waals surface area contributed by atoms with Gasteiger partial charge in [-0.2, -0.15) is 0 Å². The van der Waals surface area contributed by atoms with Crippen LogP contribution in [0.15, 0.2) is 24.5 Å². The number of aromatic nitrogens is 2. The Bertz CT molecular complexity index is 534. The van der Waals surface area contributed by atoms with Crippen molar-refractivity contribution in [3.05, 3.63) is 35.9 Å². The molecule has 0 bridgehead atoms. The number of fused-ring (bicyclic) bond motifs is 1. The second kappa shape index (κ2) is 4.97. The average molecular weight is 234 g/mol. The molecule has 0 aliphatic carbocycles. The van der Waals surface area contributed by atoms with Crippen molar-refractivity contribution < 1.29 is 14.3 Å². The summed E-state index contributed by atoms with van der Waals surface area (Å²) >= 11 is 0.